The number of aryl methyl sites for hydroxylation is 1. The summed E-state index contributed by atoms with van der Waals surface area (Å²) in [6.07, 6.45) is 3.78. The highest BCUT2D eigenvalue weighted by atomic mass is 35.5. The van der Waals surface area contributed by atoms with Gasteiger partial charge in [-0.15, -0.1) is 11.8 Å². The summed E-state index contributed by atoms with van der Waals surface area (Å²) in [4.78, 5) is 18.7. The molecule has 4 aromatic rings. The minimum Gasteiger partial charge on any atom is -0.322 e. The van der Waals surface area contributed by atoms with Crippen molar-refractivity contribution in [2.24, 2.45) is 0 Å². The van der Waals surface area contributed by atoms with Gasteiger partial charge >= 0.3 is 0 Å². The molecule has 0 saturated heterocycles. The molecule has 0 fully saturated rings. The van der Waals surface area contributed by atoms with Crippen LogP contribution in [0.3, 0.4) is 0 Å². The zero-order valence-corrected chi connectivity index (χ0v) is 18.8. The number of aromatic nitrogens is 1. The second-order valence-corrected chi connectivity index (χ2v) is 8.49. The smallest absolute Gasteiger partial charge is 0.256 e. The first-order valence-electron chi connectivity index (χ1n) is 9.82. The zero-order valence-electron chi connectivity index (χ0n) is 17.2. The van der Waals surface area contributed by atoms with Crippen LogP contribution in [0, 0.1) is 6.92 Å². The van der Waals surface area contributed by atoms with E-state index < -0.39 is 0 Å². The molecular formula is C26H21ClN2OS. The van der Waals surface area contributed by atoms with Gasteiger partial charge in [0.1, 0.15) is 0 Å². The average molecular weight is 445 g/mol. The van der Waals surface area contributed by atoms with Crippen LogP contribution in [0.1, 0.15) is 15.9 Å². The molecule has 0 aliphatic heterocycles. The lowest BCUT2D eigenvalue weighted by atomic mass is 9.97. The topological polar surface area (TPSA) is 42.0 Å². The van der Waals surface area contributed by atoms with Gasteiger partial charge in [0.15, 0.2) is 0 Å². The van der Waals surface area contributed by atoms with Crippen LogP contribution in [0.5, 0.6) is 0 Å². The van der Waals surface area contributed by atoms with E-state index >= 15 is 0 Å². The maximum absolute atomic E-state index is 13.3. The van der Waals surface area contributed by atoms with Gasteiger partial charge in [-0.1, -0.05) is 35.9 Å². The Morgan fingerprint density at radius 3 is 2.55 bits per heavy atom. The van der Waals surface area contributed by atoms with Gasteiger partial charge in [0.25, 0.3) is 5.91 Å². The number of carbonyl (C=O) groups excluding carboxylic acids is 1. The predicted molar refractivity (Wildman–Crippen MR) is 131 cm³/mol. The Balaban J connectivity index is 1.69. The highest BCUT2D eigenvalue weighted by Gasteiger charge is 2.15. The second-order valence-electron chi connectivity index (χ2n) is 7.18. The Bertz CT molecular complexity index is 1220. The first-order chi connectivity index (χ1) is 15.0. The van der Waals surface area contributed by atoms with Crippen molar-refractivity contribution in [2.45, 2.75) is 11.8 Å². The molecule has 31 heavy (non-hydrogen) atoms. The minimum atomic E-state index is -0.168. The number of pyridine rings is 1. The van der Waals surface area contributed by atoms with E-state index in [1.807, 2.05) is 92.0 Å². The molecule has 1 heterocycles. The van der Waals surface area contributed by atoms with Gasteiger partial charge in [-0.25, -0.2) is 0 Å². The first kappa shape index (κ1) is 21.2. The monoisotopic (exact) mass is 444 g/mol. The first-order valence-corrected chi connectivity index (χ1v) is 11.4. The van der Waals surface area contributed by atoms with Crippen molar-refractivity contribution >= 4 is 35.0 Å². The van der Waals surface area contributed by atoms with Crippen LogP contribution in [0.25, 0.3) is 22.4 Å². The second kappa shape index (κ2) is 9.38. The molecule has 154 valence electrons. The van der Waals surface area contributed by atoms with Gasteiger partial charge in [0, 0.05) is 32.9 Å². The number of nitrogens with zero attached hydrogens (tertiary/aromatic N) is 1. The van der Waals surface area contributed by atoms with E-state index in [1.165, 1.54) is 0 Å². The van der Waals surface area contributed by atoms with Crippen molar-refractivity contribution in [3.63, 3.8) is 0 Å². The quantitative estimate of drug-likeness (QED) is 0.327. The number of hydrogen-bond donors (Lipinski definition) is 1. The lowest BCUT2D eigenvalue weighted by Crippen LogP contribution is -2.13. The van der Waals surface area contributed by atoms with Crippen molar-refractivity contribution in [1.82, 2.24) is 4.98 Å². The van der Waals surface area contributed by atoms with Crippen LogP contribution < -0.4 is 5.32 Å². The number of anilines is 1. The molecule has 0 spiro atoms. The molecular weight excluding hydrogens is 424 g/mol. The third-order valence-corrected chi connectivity index (χ3v) is 5.85. The number of nitrogens with one attached hydrogen (secondary N) is 1. The molecule has 4 rings (SSSR count). The summed E-state index contributed by atoms with van der Waals surface area (Å²) < 4.78 is 0. The molecule has 0 aliphatic rings. The third kappa shape index (κ3) is 4.98. The normalized spacial score (nSPS) is 10.7. The summed E-state index contributed by atoms with van der Waals surface area (Å²) in [7, 11) is 0. The van der Waals surface area contributed by atoms with Gasteiger partial charge in [-0.3, -0.25) is 9.78 Å². The van der Waals surface area contributed by atoms with Crippen LogP contribution in [0.2, 0.25) is 5.02 Å². The Hall–Kier alpha value is -3.08. The van der Waals surface area contributed by atoms with E-state index in [1.54, 1.807) is 18.0 Å². The molecule has 3 aromatic carbocycles. The van der Waals surface area contributed by atoms with E-state index in [0.717, 1.165) is 38.5 Å². The fraction of sp³-hybridized carbons (Fsp3) is 0.0769. The molecule has 3 nitrogen and oxygen atoms in total. The maximum atomic E-state index is 13.3. The lowest BCUT2D eigenvalue weighted by Gasteiger charge is -2.13. The highest BCUT2D eigenvalue weighted by molar-refractivity contribution is 7.98. The summed E-state index contributed by atoms with van der Waals surface area (Å²) in [5.74, 6) is -0.168. The summed E-state index contributed by atoms with van der Waals surface area (Å²) in [5.41, 5.74) is 5.95. The van der Waals surface area contributed by atoms with Crippen molar-refractivity contribution in [1.29, 1.82) is 0 Å². The predicted octanol–water partition coefficient (Wildman–Crippen LogP) is 7.35. The number of carbonyl (C=O) groups is 1. The van der Waals surface area contributed by atoms with E-state index in [0.29, 0.717) is 10.6 Å². The molecule has 5 heteroatoms. The molecule has 1 amide bonds. The lowest BCUT2D eigenvalue weighted by molar-refractivity contribution is 0.102. The molecule has 1 N–H and O–H groups in total. The highest BCUT2D eigenvalue weighted by Crippen LogP contribution is 2.32. The Morgan fingerprint density at radius 1 is 0.935 bits per heavy atom. The largest absolute Gasteiger partial charge is 0.322 e. The SMILES string of the molecule is CSc1ccc(C(=O)Nc2cccc(-c3ccccn3)c2)c(-c2cc(C)cc(Cl)c2)c1. The Labute approximate surface area is 191 Å². The average Bonchev–Trinajstić information content (AvgIpc) is 2.78. The molecule has 0 aliphatic carbocycles. The minimum absolute atomic E-state index is 0.168. The molecule has 0 bridgehead atoms. The molecule has 1 aromatic heterocycles. The van der Waals surface area contributed by atoms with E-state index in [4.69, 9.17) is 11.6 Å². The number of amides is 1. The maximum Gasteiger partial charge on any atom is 0.256 e. The summed E-state index contributed by atoms with van der Waals surface area (Å²) in [5, 5.41) is 3.69. The van der Waals surface area contributed by atoms with Crippen LogP contribution in [0.15, 0.2) is 90.0 Å². The summed E-state index contributed by atoms with van der Waals surface area (Å²) in [6.45, 7) is 2.00. The number of hydrogen-bond acceptors (Lipinski definition) is 3. The third-order valence-electron chi connectivity index (χ3n) is 4.91. The Kier molecular flexibility index (Phi) is 6.40. The van der Waals surface area contributed by atoms with Crippen molar-refractivity contribution in [3.05, 3.63) is 101 Å². The van der Waals surface area contributed by atoms with E-state index in [-0.39, 0.29) is 5.91 Å². The molecule has 0 atom stereocenters. The Morgan fingerprint density at radius 2 is 1.81 bits per heavy atom. The van der Waals surface area contributed by atoms with Gasteiger partial charge in [0.2, 0.25) is 0 Å². The number of halogens is 1. The van der Waals surface area contributed by atoms with Crippen molar-refractivity contribution in [2.75, 3.05) is 11.6 Å². The number of thioether (sulfide) groups is 1. The van der Waals surface area contributed by atoms with Gasteiger partial charge in [-0.05, 0) is 84.5 Å². The molecule has 0 saturated carbocycles. The van der Waals surface area contributed by atoms with Gasteiger partial charge < -0.3 is 5.32 Å². The number of benzene rings is 3. The van der Waals surface area contributed by atoms with Crippen molar-refractivity contribution < 1.29 is 4.79 Å². The van der Waals surface area contributed by atoms with Crippen LogP contribution in [-0.2, 0) is 0 Å². The fourth-order valence-electron chi connectivity index (χ4n) is 3.47. The molecule has 0 unspecified atom stereocenters. The summed E-state index contributed by atoms with van der Waals surface area (Å²) >= 11 is 7.94. The fourth-order valence-corrected chi connectivity index (χ4v) is 4.20. The van der Waals surface area contributed by atoms with Crippen LogP contribution in [0.4, 0.5) is 5.69 Å². The zero-order chi connectivity index (χ0) is 21.8. The standard InChI is InChI=1S/C26H21ClN2OS/c1-17-12-19(14-20(27)13-17)24-16-22(31-2)9-10-23(24)26(30)29-21-7-5-6-18(15-21)25-8-3-4-11-28-25/h3-16H,1-2H3,(H,29,30). The molecule has 0 radical (unpaired) electrons. The van der Waals surface area contributed by atoms with Crippen molar-refractivity contribution in [3.8, 4) is 22.4 Å². The van der Waals surface area contributed by atoms with E-state index in [2.05, 4.69) is 10.3 Å². The van der Waals surface area contributed by atoms with Crippen LogP contribution in [-0.4, -0.2) is 17.1 Å². The van der Waals surface area contributed by atoms with Crippen LogP contribution >= 0.6 is 23.4 Å². The van der Waals surface area contributed by atoms with Gasteiger partial charge in [0.05, 0.1) is 5.69 Å². The summed E-state index contributed by atoms with van der Waals surface area (Å²) in [6, 6.07) is 25.2. The van der Waals surface area contributed by atoms with Gasteiger partial charge in [-0.2, -0.15) is 0 Å². The number of rotatable bonds is 5. The van der Waals surface area contributed by atoms with E-state index in [9.17, 15) is 4.79 Å².